The minimum Gasteiger partial charge on any atom is -0.303 e. The summed E-state index contributed by atoms with van der Waals surface area (Å²) in [5, 5.41) is 0.543. The van der Waals surface area contributed by atoms with Gasteiger partial charge in [0.1, 0.15) is 0 Å². The molecule has 0 bridgehead atoms. The van der Waals surface area contributed by atoms with E-state index in [-0.39, 0.29) is 0 Å². The van der Waals surface area contributed by atoms with Crippen molar-refractivity contribution < 1.29 is 0 Å². The van der Waals surface area contributed by atoms with Gasteiger partial charge in [-0.1, -0.05) is 20.8 Å². The summed E-state index contributed by atoms with van der Waals surface area (Å²) in [6, 6.07) is 0. The van der Waals surface area contributed by atoms with Gasteiger partial charge in [-0.15, -0.1) is 0 Å². The molecule has 0 heterocycles. The lowest BCUT2D eigenvalue weighted by atomic mass is 10.3. The molecule has 0 aromatic carbocycles. The van der Waals surface area contributed by atoms with Gasteiger partial charge in [0.15, 0.2) is 0 Å². The second-order valence-electron chi connectivity index (χ2n) is 3.48. The van der Waals surface area contributed by atoms with Crippen LogP contribution in [0.25, 0.3) is 0 Å². The normalized spacial score (nSPS) is 13.8. The third kappa shape index (κ3) is 6.99. The van der Waals surface area contributed by atoms with Crippen molar-refractivity contribution in [1.82, 2.24) is 4.90 Å². The molecule has 1 unspecified atom stereocenters. The smallest absolute Gasteiger partial charge is 0.0000573 e. The van der Waals surface area contributed by atoms with E-state index in [0.29, 0.717) is 5.25 Å². The molecule has 0 aliphatic rings. The van der Waals surface area contributed by atoms with Gasteiger partial charge in [0.2, 0.25) is 0 Å². The van der Waals surface area contributed by atoms with Crippen LogP contribution >= 0.6 is 12.6 Å². The molecule has 0 rings (SSSR count). The van der Waals surface area contributed by atoms with Gasteiger partial charge in [-0.25, -0.2) is 0 Å². The SMILES string of the molecule is CCCN(CCC)CCC(C)S. The molecule has 0 aliphatic carbocycles. The first-order valence-corrected chi connectivity index (χ1v) is 5.62. The first-order valence-electron chi connectivity index (χ1n) is 5.11. The maximum absolute atomic E-state index is 4.38. The molecule has 12 heavy (non-hydrogen) atoms. The summed E-state index contributed by atoms with van der Waals surface area (Å²) in [6.45, 7) is 10.4. The van der Waals surface area contributed by atoms with E-state index < -0.39 is 0 Å². The lowest BCUT2D eigenvalue weighted by Crippen LogP contribution is -2.27. The standard InChI is InChI=1S/C10H23NS/c1-4-7-11(8-5-2)9-6-10(3)12/h10,12H,4-9H2,1-3H3. The highest BCUT2D eigenvalue weighted by molar-refractivity contribution is 7.80. The van der Waals surface area contributed by atoms with Crippen LogP contribution in [0.5, 0.6) is 0 Å². The highest BCUT2D eigenvalue weighted by Crippen LogP contribution is 2.03. The number of hydrogen-bond acceptors (Lipinski definition) is 2. The summed E-state index contributed by atoms with van der Waals surface area (Å²) >= 11 is 4.38. The van der Waals surface area contributed by atoms with Crippen LogP contribution in [0.1, 0.15) is 40.0 Å². The van der Waals surface area contributed by atoms with Gasteiger partial charge in [-0.3, -0.25) is 0 Å². The van der Waals surface area contributed by atoms with Gasteiger partial charge >= 0.3 is 0 Å². The molecule has 74 valence electrons. The van der Waals surface area contributed by atoms with Crippen LogP contribution in [0, 0.1) is 0 Å². The Kier molecular flexibility index (Phi) is 8.14. The molecule has 0 amide bonds. The fraction of sp³-hybridized carbons (Fsp3) is 1.00. The molecule has 0 spiro atoms. The Hall–Kier alpha value is 0.310. The number of rotatable bonds is 7. The lowest BCUT2D eigenvalue weighted by molar-refractivity contribution is 0.272. The predicted molar refractivity (Wildman–Crippen MR) is 60.1 cm³/mol. The van der Waals surface area contributed by atoms with E-state index in [9.17, 15) is 0 Å². The Labute approximate surface area is 82.9 Å². The van der Waals surface area contributed by atoms with Crippen molar-refractivity contribution in [2.75, 3.05) is 19.6 Å². The van der Waals surface area contributed by atoms with Gasteiger partial charge in [0.25, 0.3) is 0 Å². The van der Waals surface area contributed by atoms with Gasteiger partial charge in [0, 0.05) is 5.25 Å². The van der Waals surface area contributed by atoms with Crippen LogP contribution < -0.4 is 0 Å². The Morgan fingerprint density at radius 3 is 1.92 bits per heavy atom. The van der Waals surface area contributed by atoms with Crippen LogP contribution in [0.2, 0.25) is 0 Å². The average molecular weight is 189 g/mol. The van der Waals surface area contributed by atoms with Crippen LogP contribution in [-0.2, 0) is 0 Å². The van der Waals surface area contributed by atoms with Crippen molar-refractivity contribution in [3.8, 4) is 0 Å². The summed E-state index contributed by atoms with van der Waals surface area (Å²) in [7, 11) is 0. The quantitative estimate of drug-likeness (QED) is 0.603. The first kappa shape index (κ1) is 12.3. The van der Waals surface area contributed by atoms with Crippen LogP contribution in [0.3, 0.4) is 0 Å². The molecule has 0 N–H and O–H groups in total. The highest BCUT2D eigenvalue weighted by atomic mass is 32.1. The first-order chi connectivity index (χ1) is 5.70. The zero-order valence-corrected chi connectivity index (χ0v) is 9.61. The summed E-state index contributed by atoms with van der Waals surface area (Å²) in [5.41, 5.74) is 0. The van der Waals surface area contributed by atoms with Gasteiger partial charge in [0.05, 0.1) is 0 Å². The van der Waals surface area contributed by atoms with E-state index in [2.05, 4.69) is 38.3 Å². The van der Waals surface area contributed by atoms with Crippen molar-refractivity contribution in [1.29, 1.82) is 0 Å². The number of hydrogen-bond donors (Lipinski definition) is 1. The summed E-state index contributed by atoms with van der Waals surface area (Å²) in [6.07, 6.45) is 3.74. The largest absolute Gasteiger partial charge is 0.303 e. The molecular weight excluding hydrogens is 166 g/mol. The molecule has 0 aliphatic heterocycles. The molecular formula is C10H23NS. The Balaban J connectivity index is 3.48. The number of thiol groups is 1. The van der Waals surface area contributed by atoms with E-state index >= 15 is 0 Å². The zero-order valence-electron chi connectivity index (χ0n) is 8.71. The van der Waals surface area contributed by atoms with Gasteiger partial charge in [-0.05, 0) is 38.9 Å². The van der Waals surface area contributed by atoms with Crippen molar-refractivity contribution in [2.24, 2.45) is 0 Å². The summed E-state index contributed by atoms with van der Waals surface area (Å²) in [4.78, 5) is 2.53. The van der Waals surface area contributed by atoms with Crippen molar-refractivity contribution >= 4 is 12.6 Å². The Bertz CT molecular complexity index is 87.8. The second kappa shape index (κ2) is 7.93. The van der Waals surface area contributed by atoms with E-state index in [1.165, 1.54) is 38.9 Å². The predicted octanol–water partition coefficient (Wildman–Crippen LogP) is 2.82. The molecule has 2 heteroatoms. The Morgan fingerprint density at radius 1 is 1.08 bits per heavy atom. The zero-order chi connectivity index (χ0) is 9.40. The van der Waals surface area contributed by atoms with Crippen LogP contribution in [-0.4, -0.2) is 29.8 Å². The number of nitrogens with zero attached hydrogens (tertiary/aromatic N) is 1. The maximum Gasteiger partial charge on any atom is 0.0000573 e. The molecule has 0 aromatic rings. The summed E-state index contributed by atoms with van der Waals surface area (Å²) < 4.78 is 0. The Morgan fingerprint density at radius 2 is 1.58 bits per heavy atom. The second-order valence-corrected chi connectivity index (χ2v) is 4.36. The molecule has 1 atom stereocenters. The fourth-order valence-corrected chi connectivity index (χ4v) is 1.45. The molecule has 0 aromatic heterocycles. The monoisotopic (exact) mass is 189 g/mol. The van der Waals surface area contributed by atoms with Gasteiger partial charge in [-0.2, -0.15) is 12.6 Å². The van der Waals surface area contributed by atoms with Crippen molar-refractivity contribution in [3.63, 3.8) is 0 Å². The average Bonchev–Trinajstić information content (AvgIpc) is 2.01. The molecule has 1 nitrogen and oxygen atoms in total. The molecule has 0 radical (unpaired) electrons. The van der Waals surface area contributed by atoms with E-state index in [1.54, 1.807) is 0 Å². The molecule has 0 fully saturated rings. The van der Waals surface area contributed by atoms with Crippen LogP contribution in [0.15, 0.2) is 0 Å². The lowest BCUT2D eigenvalue weighted by Gasteiger charge is -2.21. The minimum atomic E-state index is 0.543. The molecule has 0 saturated heterocycles. The molecule has 0 saturated carbocycles. The van der Waals surface area contributed by atoms with E-state index in [1.807, 2.05) is 0 Å². The highest BCUT2D eigenvalue weighted by Gasteiger charge is 2.03. The minimum absolute atomic E-state index is 0.543. The maximum atomic E-state index is 4.38. The topological polar surface area (TPSA) is 3.24 Å². The fourth-order valence-electron chi connectivity index (χ4n) is 1.34. The third-order valence-electron chi connectivity index (χ3n) is 1.94. The van der Waals surface area contributed by atoms with E-state index in [4.69, 9.17) is 0 Å². The van der Waals surface area contributed by atoms with Crippen LogP contribution in [0.4, 0.5) is 0 Å². The van der Waals surface area contributed by atoms with Crippen molar-refractivity contribution in [2.45, 2.75) is 45.3 Å². The van der Waals surface area contributed by atoms with Gasteiger partial charge < -0.3 is 4.90 Å². The summed E-state index contributed by atoms with van der Waals surface area (Å²) in [5.74, 6) is 0. The third-order valence-corrected chi connectivity index (χ3v) is 2.20. The van der Waals surface area contributed by atoms with Crippen molar-refractivity contribution in [3.05, 3.63) is 0 Å². The van der Waals surface area contributed by atoms with E-state index in [0.717, 1.165) is 0 Å².